The lowest BCUT2D eigenvalue weighted by atomic mass is 10.1. The second-order valence-electron chi connectivity index (χ2n) is 5.83. The van der Waals surface area contributed by atoms with Crippen molar-refractivity contribution in [2.45, 2.75) is 45.9 Å². The predicted molar refractivity (Wildman–Crippen MR) is 81.7 cm³/mol. The van der Waals surface area contributed by atoms with Crippen LogP contribution in [0.2, 0.25) is 0 Å². The van der Waals surface area contributed by atoms with E-state index >= 15 is 0 Å². The number of nitrogens with one attached hydrogen (secondary N) is 1. The molecule has 1 aromatic rings. The number of hydrogen-bond acceptors (Lipinski definition) is 5. The molecule has 0 aliphatic heterocycles. The van der Waals surface area contributed by atoms with Gasteiger partial charge < -0.3 is 19.5 Å². The molecule has 0 saturated heterocycles. The molecule has 0 heterocycles. The number of esters is 1. The molecule has 1 unspecified atom stereocenters. The van der Waals surface area contributed by atoms with Crippen molar-refractivity contribution in [3.8, 4) is 11.5 Å². The molecule has 0 saturated carbocycles. The first-order valence-electron chi connectivity index (χ1n) is 6.94. The third-order valence-corrected chi connectivity index (χ3v) is 2.82. The summed E-state index contributed by atoms with van der Waals surface area (Å²) in [6.45, 7) is 7.89. The van der Waals surface area contributed by atoms with Gasteiger partial charge in [-0.2, -0.15) is 0 Å². The fraction of sp³-hybridized carbons (Fsp3) is 0.562. The second-order valence-corrected chi connectivity index (χ2v) is 5.83. The van der Waals surface area contributed by atoms with Gasteiger partial charge in [0, 0.05) is 6.54 Å². The highest BCUT2D eigenvalue weighted by Crippen LogP contribution is 2.27. The van der Waals surface area contributed by atoms with Gasteiger partial charge in [-0.15, -0.1) is 0 Å². The van der Waals surface area contributed by atoms with E-state index in [9.17, 15) is 4.79 Å². The second kappa shape index (κ2) is 7.31. The summed E-state index contributed by atoms with van der Waals surface area (Å²) >= 11 is 0. The Bertz CT molecular complexity index is 480. The van der Waals surface area contributed by atoms with Gasteiger partial charge in [0.05, 0.1) is 14.2 Å². The summed E-state index contributed by atoms with van der Waals surface area (Å²) in [5.41, 5.74) is 0.527. The molecule has 1 atom stereocenters. The minimum Gasteiger partial charge on any atom is -0.493 e. The number of hydrogen-bond donors (Lipinski definition) is 1. The zero-order valence-electron chi connectivity index (χ0n) is 13.6. The molecule has 0 aromatic heterocycles. The van der Waals surface area contributed by atoms with Gasteiger partial charge >= 0.3 is 5.97 Å². The van der Waals surface area contributed by atoms with E-state index in [1.165, 1.54) is 0 Å². The van der Waals surface area contributed by atoms with Gasteiger partial charge in [0.25, 0.3) is 0 Å². The lowest BCUT2D eigenvalue weighted by Gasteiger charge is -2.22. The highest BCUT2D eigenvalue weighted by Gasteiger charge is 2.21. The van der Waals surface area contributed by atoms with Crippen LogP contribution in [0.25, 0.3) is 0 Å². The van der Waals surface area contributed by atoms with Crippen molar-refractivity contribution in [1.29, 1.82) is 0 Å². The van der Waals surface area contributed by atoms with E-state index in [-0.39, 0.29) is 12.0 Å². The van der Waals surface area contributed by atoms with Crippen LogP contribution in [0.15, 0.2) is 18.2 Å². The first-order valence-corrected chi connectivity index (χ1v) is 6.94. The molecule has 5 heteroatoms. The highest BCUT2D eigenvalue weighted by atomic mass is 16.6. The predicted octanol–water partition coefficient (Wildman–Crippen LogP) is 2.52. The molecular weight excluding hydrogens is 270 g/mol. The molecule has 0 radical (unpaired) electrons. The van der Waals surface area contributed by atoms with Gasteiger partial charge in [-0.3, -0.25) is 4.79 Å². The number of ether oxygens (including phenoxy) is 3. The van der Waals surface area contributed by atoms with Crippen LogP contribution in [0.1, 0.15) is 33.3 Å². The first kappa shape index (κ1) is 17.3. The van der Waals surface area contributed by atoms with E-state index in [0.717, 1.165) is 5.56 Å². The normalized spacial score (nSPS) is 12.7. The Morgan fingerprint density at radius 3 is 2.33 bits per heavy atom. The van der Waals surface area contributed by atoms with E-state index in [0.29, 0.717) is 18.0 Å². The third-order valence-electron chi connectivity index (χ3n) is 2.82. The number of methoxy groups -OCH3 is 2. The molecule has 0 aliphatic carbocycles. The van der Waals surface area contributed by atoms with Crippen LogP contribution in [0.3, 0.4) is 0 Å². The molecule has 1 N–H and O–H groups in total. The number of carbonyl (C=O) groups excluding carboxylic acids is 1. The summed E-state index contributed by atoms with van der Waals surface area (Å²) < 4.78 is 15.8. The first-order chi connectivity index (χ1) is 9.76. The molecule has 5 nitrogen and oxygen atoms in total. The van der Waals surface area contributed by atoms with Gasteiger partial charge in [-0.05, 0) is 45.4 Å². The molecule has 1 aromatic carbocycles. The van der Waals surface area contributed by atoms with Crippen LogP contribution in [0, 0.1) is 0 Å². The smallest absolute Gasteiger partial charge is 0.323 e. The molecule has 0 spiro atoms. The number of rotatable bonds is 6. The molecule has 0 bridgehead atoms. The Morgan fingerprint density at radius 2 is 1.81 bits per heavy atom. The fourth-order valence-electron chi connectivity index (χ4n) is 1.74. The SMILES string of the molecule is COc1ccc(CNC(C)C(=O)OC(C)(C)C)cc1OC. The quantitative estimate of drug-likeness (QED) is 0.817. The topological polar surface area (TPSA) is 56.8 Å². The van der Waals surface area contributed by atoms with Crippen molar-refractivity contribution in [3.05, 3.63) is 23.8 Å². The van der Waals surface area contributed by atoms with E-state index in [1.807, 2.05) is 39.0 Å². The highest BCUT2D eigenvalue weighted by molar-refractivity contribution is 5.75. The molecule has 1 rings (SSSR count). The zero-order chi connectivity index (χ0) is 16.0. The van der Waals surface area contributed by atoms with Gasteiger partial charge in [0.15, 0.2) is 11.5 Å². The standard InChI is InChI=1S/C16H25NO4/c1-11(15(18)21-16(2,3)4)17-10-12-7-8-13(19-5)14(9-12)20-6/h7-9,11,17H,10H2,1-6H3. The van der Waals surface area contributed by atoms with E-state index in [2.05, 4.69) is 5.32 Å². The van der Waals surface area contributed by atoms with Crippen LogP contribution < -0.4 is 14.8 Å². The van der Waals surface area contributed by atoms with Gasteiger partial charge in [0.2, 0.25) is 0 Å². The lowest BCUT2D eigenvalue weighted by Crippen LogP contribution is -2.38. The number of carbonyl (C=O) groups is 1. The van der Waals surface area contributed by atoms with Crippen molar-refractivity contribution in [2.75, 3.05) is 14.2 Å². The van der Waals surface area contributed by atoms with E-state index in [4.69, 9.17) is 14.2 Å². The summed E-state index contributed by atoms with van der Waals surface area (Å²) in [6.07, 6.45) is 0. The molecule has 118 valence electrons. The summed E-state index contributed by atoms with van der Waals surface area (Å²) in [7, 11) is 3.19. The average molecular weight is 295 g/mol. The molecule has 0 aliphatic rings. The maximum Gasteiger partial charge on any atom is 0.323 e. The molecule has 21 heavy (non-hydrogen) atoms. The maximum atomic E-state index is 11.9. The Morgan fingerprint density at radius 1 is 1.19 bits per heavy atom. The van der Waals surface area contributed by atoms with Crippen molar-refractivity contribution in [1.82, 2.24) is 5.32 Å². The largest absolute Gasteiger partial charge is 0.493 e. The third kappa shape index (κ3) is 5.63. The summed E-state index contributed by atoms with van der Waals surface area (Å²) in [4.78, 5) is 11.9. The molecular formula is C16H25NO4. The molecule has 0 amide bonds. The monoisotopic (exact) mass is 295 g/mol. The fourth-order valence-corrected chi connectivity index (χ4v) is 1.74. The van der Waals surface area contributed by atoms with Crippen molar-refractivity contribution in [3.63, 3.8) is 0 Å². The zero-order valence-corrected chi connectivity index (χ0v) is 13.6. The van der Waals surface area contributed by atoms with Crippen LogP contribution in [0.4, 0.5) is 0 Å². The van der Waals surface area contributed by atoms with E-state index in [1.54, 1.807) is 21.1 Å². The Balaban J connectivity index is 2.61. The van der Waals surface area contributed by atoms with Gasteiger partial charge in [0.1, 0.15) is 11.6 Å². The van der Waals surface area contributed by atoms with Crippen molar-refractivity contribution in [2.24, 2.45) is 0 Å². The molecule has 0 fully saturated rings. The van der Waals surface area contributed by atoms with Crippen LogP contribution in [0.5, 0.6) is 11.5 Å². The van der Waals surface area contributed by atoms with Gasteiger partial charge in [-0.25, -0.2) is 0 Å². The Kier molecular flexibility index (Phi) is 6.03. The van der Waals surface area contributed by atoms with Gasteiger partial charge in [-0.1, -0.05) is 6.07 Å². The minimum absolute atomic E-state index is 0.261. The summed E-state index contributed by atoms with van der Waals surface area (Å²) in [5, 5.41) is 3.14. The van der Waals surface area contributed by atoms with Crippen LogP contribution in [-0.4, -0.2) is 31.8 Å². The summed E-state index contributed by atoms with van der Waals surface area (Å²) in [6, 6.07) is 5.27. The van der Waals surface area contributed by atoms with Crippen LogP contribution in [-0.2, 0) is 16.1 Å². The van der Waals surface area contributed by atoms with E-state index < -0.39 is 5.60 Å². The van der Waals surface area contributed by atoms with Crippen molar-refractivity contribution >= 4 is 5.97 Å². The Labute approximate surface area is 126 Å². The average Bonchev–Trinajstić information content (AvgIpc) is 2.42. The van der Waals surface area contributed by atoms with Crippen LogP contribution >= 0.6 is 0 Å². The van der Waals surface area contributed by atoms with Crippen molar-refractivity contribution < 1.29 is 19.0 Å². The maximum absolute atomic E-state index is 11.9. The number of benzene rings is 1. The summed E-state index contributed by atoms with van der Waals surface area (Å²) in [5.74, 6) is 1.09. The minimum atomic E-state index is -0.476. The Hall–Kier alpha value is -1.75. The lowest BCUT2D eigenvalue weighted by molar-refractivity contribution is -0.157.